The number of amides is 1. The molecule has 6 rings (SSSR count). The molecule has 1 amide bonds. The van der Waals surface area contributed by atoms with E-state index in [0.29, 0.717) is 35.8 Å². The van der Waals surface area contributed by atoms with Crippen molar-refractivity contribution in [2.24, 2.45) is 17.8 Å². The van der Waals surface area contributed by atoms with Gasteiger partial charge in [-0.15, -0.1) is 0 Å². The molecule has 2 aliphatic carbocycles. The highest BCUT2D eigenvalue weighted by atomic mass is 16.5. The molecule has 2 saturated carbocycles. The van der Waals surface area contributed by atoms with E-state index in [1.54, 1.807) is 7.11 Å². The molecule has 2 saturated heterocycles. The minimum atomic E-state index is 0.0676. The maximum absolute atomic E-state index is 13.2. The maximum atomic E-state index is 13.2. The molecule has 0 radical (unpaired) electrons. The summed E-state index contributed by atoms with van der Waals surface area (Å²) in [5.41, 5.74) is 1.29. The number of nitrogens with one attached hydrogen (secondary N) is 1. The number of benzene rings is 1. The van der Waals surface area contributed by atoms with Crippen molar-refractivity contribution in [3.63, 3.8) is 0 Å². The second-order valence-corrected chi connectivity index (χ2v) is 8.61. The van der Waals surface area contributed by atoms with Gasteiger partial charge < -0.3 is 14.4 Å². The van der Waals surface area contributed by atoms with E-state index in [1.807, 2.05) is 30.3 Å². The van der Waals surface area contributed by atoms with E-state index in [9.17, 15) is 4.79 Å². The van der Waals surface area contributed by atoms with Crippen LogP contribution >= 0.6 is 0 Å². The number of aromatic nitrogens is 2. The summed E-state index contributed by atoms with van der Waals surface area (Å²) >= 11 is 0. The van der Waals surface area contributed by atoms with Gasteiger partial charge >= 0.3 is 0 Å². The van der Waals surface area contributed by atoms with Gasteiger partial charge in [-0.3, -0.25) is 9.89 Å². The van der Waals surface area contributed by atoms with Crippen LogP contribution in [0, 0.1) is 17.8 Å². The van der Waals surface area contributed by atoms with E-state index in [4.69, 9.17) is 9.47 Å². The van der Waals surface area contributed by atoms with Crippen LogP contribution in [0.4, 0.5) is 0 Å². The lowest BCUT2D eigenvalue weighted by molar-refractivity contribution is 0.0626. The van der Waals surface area contributed by atoms with Crippen molar-refractivity contribution >= 4 is 5.91 Å². The molecule has 4 fully saturated rings. The number of ether oxygens (including phenoxy) is 2. The van der Waals surface area contributed by atoms with Gasteiger partial charge in [0.15, 0.2) is 17.2 Å². The summed E-state index contributed by atoms with van der Waals surface area (Å²) in [6, 6.07) is 9.76. The van der Waals surface area contributed by atoms with Gasteiger partial charge in [-0.2, -0.15) is 5.10 Å². The van der Waals surface area contributed by atoms with Crippen molar-refractivity contribution in [2.45, 2.75) is 44.8 Å². The van der Waals surface area contributed by atoms with Crippen molar-refractivity contribution in [1.29, 1.82) is 0 Å². The van der Waals surface area contributed by atoms with Crippen LogP contribution in [0.5, 0.6) is 11.5 Å². The van der Waals surface area contributed by atoms with E-state index < -0.39 is 0 Å². The van der Waals surface area contributed by atoms with Gasteiger partial charge in [-0.05, 0) is 68.1 Å². The van der Waals surface area contributed by atoms with E-state index in [-0.39, 0.29) is 5.91 Å². The summed E-state index contributed by atoms with van der Waals surface area (Å²) in [6.45, 7) is 1.22. The Hall–Kier alpha value is -2.50. The van der Waals surface area contributed by atoms with Gasteiger partial charge in [0.05, 0.1) is 12.8 Å². The molecule has 2 aromatic rings. The Bertz CT molecular complexity index is 850. The zero-order valence-electron chi connectivity index (χ0n) is 16.3. The van der Waals surface area contributed by atoms with Gasteiger partial charge in [-0.1, -0.05) is 12.1 Å². The molecule has 0 spiro atoms. The SMILES string of the molecule is COc1ccccc1OCc1cc(C(=O)N2CC3CC4CC(C3)CC2C4)n[nH]1. The van der Waals surface area contributed by atoms with Crippen LogP contribution in [0.1, 0.15) is 48.3 Å². The Morgan fingerprint density at radius 3 is 2.57 bits per heavy atom. The summed E-state index contributed by atoms with van der Waals surface area (Å²) in [5.74, 6) is 3.75. The van der Waals surface area contributed by atoms with Crippen molar-refractivity contribution in [1.82, 2.24) is 15.1 Å². The first-order chi connectivity index (χ1) is 13.7. The second kappa shape index (κ2) is 7.15. The monoisotopic (exact) mass is 381 g/mol. The Kier molecular flexibility index (Phi) is 4.49. The van der Waals surface area contributed by atoms with Gasteiger partial charge in [0.2, 0.25) is 0 Å². The standard InChI is InChI=1S/C22H27N3O3/c1-27-20-4-2-3-5-21(20)28-13-17-11-19(24-23-17)22(26)25-12-16-7-14-6-15(8-16)10-18(25)9-14/h2-5,11,14-16,18H,6-10,12-13H2,1H3,(H,23,24). The molecule has 1 N–H and O–H groups in total. The van der Waals surface area contributed by atoms with Crippen LogP contribution in [0.2, 0.25) is 0 Å². The molecule has 3 heterocycles. The van der Waals surface area contributed by atoms with Crippen LogP contribution in [0.25, 0.3) is 0 Å². The van der Waals surface area contributed by atoms with Gasteiger partial charge in [0, 0.05) is 12.6 Å². The molecule has 4 aliphatic rings. The molecule has 1 aromatic heterocycles. The molecule has 2 aliphatic heterocycles. The van der Waals surface area contributed by atoms with E-state index >= 15 is 0 Å². The van der Waals surface area contributed by atoms with Crippen LogP contribution in [-0.4, -0.2) is 40.7 Å². The lowest BCUT2D eigenvalue weighted by Crippen LogP contribution is -2.42. The third-order valence-corrected chi connectivity index (χ3v) is 6.67. The number of methoxy groups -OCH3 is 1. The van der Waals surface area contributed by atoms with Crippen molar-refractivity contribution in [3.05, 3.63) is 41.7 Å². The number of nitrogens with zero attached hydrogens (tertiary/aromatic N) is 2. The summed E-state index contributed by atoms with van der Waals surface area (Å²) in [5, 5.41) is 7.26. The molecule has 2 unspecified atom stereocenters. The normalized spacial score (nSPS) is 28.2. The molecule has 4 bridgehead atoms. The first kappa shape index (κ1) is 17.6. The number of carbonyl (C=O) groups excluding carboxylic acids is 1. The number of rotatable bonds is 5. The fourth-order valence-corrected chi connectivity index (χ4v) is 5.62. The number of hydrogen-bond donors (Lipinski definition) is 1. The van der Waals surface area contributed by atoms with Crippen molar-refractivity contribution in [2.75, 3.05) is 13.7 Å². The minimum Gasteiger partial charge on any atom is -0.493 e. The topological polar surface area (TPSA) is 67.5 Å². The van der Waals surface area contributed by atoms with E-state index in [1.165, 1.54) is 32.1 Å². The van der Waals surface area contributed by atoms with Crippen LogP contribution in [0.15, 0.2) is 30.3 Å². The summed E-state index contributed by atoms with van der Waals surface area (Å²) in [6.07, 6.45) is 6.33. The lowest BCUT2D eigenvalue weighted by Gasteiger charge is -2.38. The summed E-state index contributed by atoms with van der Waals surface area (Å²) in [7, 11) is 1.62. The highest BCUT2D eigenvalue weighted by molar-refractivity contribution is 5.92. The molecule has 2 atom stereocenters. The Morgan fingerprint density at radius 2 is 1.82 bits per heavy atom. The fourth-order valence-electron chi connectivity index (χ4n) is 5.62. The Labute approximate surface area is 165 Å². The predicted molar refractivity (Wildman–Crippen MR) is 104 cm³/mol. The zero-order valence-corrected chi connectivity index (χ0v) is 16.3. The highest BCUT2D eigenvalue weighted by Gasteiger charge is 2.44. The molecule has 6 nitrogen and oxygen atoms in total. The average Bonchev–Trinajstić information content (AvgIpc) is 3.09. The first-order valence-corrected chi connectivity index (χ1v) is 10.3. The maximum Gasteiger partial charge on any atom is 0.274 e. The van der Waals surface area contributed by atoms with Crippen molar-refractivity contribution in [3.8, 4) is 11.5 Å². The molecule has 1 aromatic carbocycles. The molecule has 148 valence electrons. The summed E-state index contributed by atoms with van der Waals surface area (Å²) in [4.78, 5) is 15.3. The number of fused-ring (bicyclic) bond motifs is 1. The van der Waals surface area contributed by atoms with Gasteiger partial charge in [0.1, 0.15) is 6.61 Å². The first-order valence-electron chi connectivity index (χ1n) is 10.3. The number of H-pyrrole nitrogens is 1. The van der Waals surface area contributed by atoms with Crippen LogP contribution in [0.3, 0.4) is 0 Å². The fraction of sp³-hybridized carbons (Fsp3) is 0.545. The largest absolute Gasteiger partial charge is 0.493 e. The zero-order chi connectivity index (χ0) is 19.1. The van der Waals surface area contributed by atoms with Crippen molar-refractivity contribution < 1.29 is 14.3 Å². The smallest absolute Gasteiger partial charge is 0.274 e. The van der Waals surface area contributed by atoms with Crippen LogP contribution < -0.4 is 9.47 Å². The number of carbonyl (C=O) groups is 1. The average molecular weight is 381 g/mol. The van der Waals surface area contributed by atoms with Gasteiger partial charge in [0.25, 0.3) is 5.91 Å². The highest BCUT2D eigenvalue weighted by Crippen LogP contribution is 2.47. The van der Waals surface area contributed by atoms with Gasteiger partial charge in [-0.25, -0.2) is 0 Å². The van der Waals surface area contributed by atoms with E-state index in [2.05, 4.69) is 15.1 Å². The third kappa shape index (κ3) is 3.25. The summed E-state index contributed by atoms with van der Waals surface area (Å²) < 4.78 is 11.1. The lowest BCUT2D eigenvalue weighted by atomic mass is 9.68. The van der Waals surface area contributed by atoms with E-state index in [0.717, 1.165) is 24.1 Å². The number of hydrogen-bond acceptors (Lipinski definition) is 4. The molecular formula is C22H27N3O3. The molecule has 28 heavy (non-hydrogen) atoms. The third-order valence-electron chi connectivity index (χ3n) is 6.67. The second-order valence-electron chi connectivity index (χ2n) is 8.61. The van der Waals surface area contributed by atoms with Crippen LogP contribution in [-0.2, 0) is 6.61 Å². The number of para-hydroxylation sites is 2. The number of aromatic amines is 1. The molecular weight excluding hydrogens is 354 g/mol. The minimum absolute atomic E-state index is 0.0676. The molecule has 6 heteroatoms. The Balaban J connectivity index is 1.27. The Morgan fingerprint density at radius 1 is 1.11 bits per heavy atom. The quantitative estimate of drug-likeness (QED) is 0.858. The predicted octanol–water partition coefficient (Wildman–Crippen LogP) is 3.65.